The van der Waals surface area contributed by atoms with E-state index in [-0.39, 0.29) is 0 Å². The monoisotopic (exact) mass is 205 g/mol. The molecule has 14 heavy (non-hydrogen) atoms. The summed E-state index contributed by atoms with van der Waals surface area (Å²) in [5.74, 6) is 0.702. The molecule has 2 aromatic rings. The molecule has 0 aliphatic rings. The van der Waals surface area contributed by atoms with Crippen LogP contribution in [-0.4, -0.2) is 9.97 Å². The van der Waals surface area contributed by atoms with Gasteiger partial charge < -0.3 is 5.73 Å². The maximum Gasteiger partial charge on any atom is 0.142 e. The average Bonchev–Trinajstić information content (AvgIpc) is 2.69. The molecule has 72 valence electrons. The lowest BCUT2D eigenvalue weighted by Crippen LogP contribution is -2.04. The molecule has 0 aliphatic heterocycles. The lowest BCUT2D eigenvalue weighted by molar-refractivity contribution is 0.895. The van der Waals surface area contributed by atoms with Gasteiger partial charge >= 0.3 is 0 Å². The van der Waals surface area contributed by atoms with Crippen molar-refractivity contribution in [2.24, 2.45) is 5.73 Å². The van der Waals surface area contributed by atoms with Crippen molar-refractivity contribution in [3.8, 4) is 10.6 Å². The molecule has 0 amide bonds. The van der Waals surface area contributed by atoms with Gasteiger partial charge in [-0.15, -0.1) is 11.3 Å². The number of rotatable bonds is 2. The zero-order valence-electron chi connectivity index (χ0n) is 7.90. The largest absolute Gasteiger partial charge is 0.324 e. The van der Waals surface area contributed by atoms with Crippen LogP contribution in [0.4, 0.5) is 0 Å². The van der Waals surface area contributed by atoms with Gasteiger partial charge in [0.2, 0.25) is 0 Å². The van der Waals surface area contributed by atoms with Crippen molar-refractivity contribution in [1.29, 1.82) is 0 Å². The van der Waals surface area contributed by atoms with Crippen LogP contribution in [0.15, 0.2) is 23.6 Å². The Hall–Kier alpha value is -1.26. The summed E-state index contributed by atoms with van der Waals surface area (Å²) in [6, 6.07) is 6.04. The molecule has 3 nitrogen and oxygen atoms in total. The van der Waals surface area contributed by atoms with Crippen molar-refractivity contribution in [3.63, 3.8) is 0 Å². The first-order valence-electron chi connectivity index (χ1n) is 4.38. The average molecular weight is 205 g/mol. The molecule has 0 saturated heterocycles. The number of thiophene rings is 1. The van der Waals surface area contributed by atoms with Gasteiger partial charge in [-0.25, -0.2) is 9.97 Å². The predicted octanol–water partition coefficient (Wildman–Crippen LogP) is 1.97. The van der Waals surface area contributed by atoms with Gasteiger partial charge in [-0.1, -0.05) is 6.07 Å². The van der Waals surface area contributed by atoms with Crippen LogP contribution in [-0.2, 0) is 6.54 Å². The minimum Gasteiger partial charge on any atom is -0.324 e. The van der Waals surface area contributed by atoms with E-state index in [9.17, 15) is 0 Å². The molecular formula is C10H11N3S. The smallest absolute Gasteiger partial charge is 0.142 e. The van der Waals surface area contributed by atoms with E-state index >= 15 is 0 Å². The topological polar surface area (TPSA) is 51.8 Å². The molecular weight excluding hydrogens is 194 g/mol. The minimum absolute atomic E-state index is 0.389. The minimum atomic E-state index is 0.389. The SMILES string of the molecule is Cc1cc(-c2cccs2)nc(CN)n1. The molecule has 0 radical (unpaired) electrons. The van der Waals surface area contributed by atoms with Crippen LogP contribution in [0.1, 0.15) is 11.5 Å². The summed E-state index contributed by atoms with van der Waals surface area (Å²) in [6.07, 6.45) is 0. The molecule has 2 N–H and O–H groups in total. The van der Waals surface area contributed by atoms with Crippen LogP contribution in [0.2, 0.25) is 0 Å². The first kappa shape index (κ1) is 9.30. The lowest BCUT2D eigenvalue weighted by Gasteiger charge is -2.01. The molecule has 0 spiro atoms. The summed E-state index contributed by atoms with van der Waals surface area (Å²) in [5, 5.41) is 2.04. The first-order valence-corrected chi connectivity index (χ1v) is 5.26. The van der Waals surface area contributed by atoms with Crippen molar-refractivity contribution >= 4 is 11.3 Å². The van der Waals surface area contributed by atoms with E-state index in [0.29, 0.717) is 12.4 Å². The maximum atomic E-state index is 5.52. The quantitative estimate of drug-likeness (QED) is 0.815. The van der Waals surface area contributed by atoms with Crippen molar-refractivity contribution < 1.29 is 0 Å². The third-order valence-electron chi connectivity index (χ3n) is 1.86. The summed E-state index contributed by atoms with van der Waals surface area (Å²) in [6.45, 7) is 2.35. The molecule has 0 fully saturated rings. The zero-order valence-corrected chi connectivity index (χ0v) is 8.71. The van der Waals surface area contributed by atoms with E-state index in [0.717, 1.165) is 16.3 Å². The van der Waals surface area contributed by atoms with Crippen LogP contribution in [0.25, 0.3) is 10.6 Å². The Morgan fingerprint density at radius 3 is 2.93 bits per heavy atom. The Labute approximate surface area is 86.6 Å². The van der Waals surface area contributed by atoms with Crippen molar-refractivity contribution in [3.05, 3.63) is 35.1 Å². The van der Waals surface area contributed by atoms with E-state index in [1.807, 2.05) is 30.5 Å². The Morgan fingerprint density at radius 1 is 1.43 bits per heavy atom. The van der Waals surface area contributed by atoms with E-state index in [1.165, 1.54) is 0 Å². The van der Waals surface area contributed by atoms with Gasteiger partial charge in [-0.2, -0.15) is 0 Å². The first-order chi connectivity index (χ1) is 6.79. The molecule has 0 atom stereocenters. The molecule has 0 unspecified atom stereocenters. The van der Waals surface area contributed by atoms with Gasteiger partial charge in [-0.3, -0.25) is 0 Å². The lowest BCUT2D eigenvalue weighted by atomic mass is 10.3. The van der Waals surface area contributed by atoms with Gasteiger partial charge in [0.05, 0.1) is 17.1 Å². The highest BCUT2D eigenvalue weighted by Gasteiger charge is 2.03. The van der Waals surface area contributed by atoms with E-state index < -0.39 is 0 Å². The molecule has 2 rings (SSSR count). The van der Waals surface area contributed by atoms with E-state index in [2.05, 4.69) is 9.97 Å². The number of hydrogen-bond donors (Lipinski definition) is 1. The fourth-order valence-electron chi connectivity index (χ4n) is 1.27. The number of aryl methyl sites for hydroxylation is 1. The fourth-order valence-corrected chi connectivity index (χ4v) is 1.96. The summed E-state index contributed by atoms with van der Waals surface area (Å²) in [7, 11) is 0. The summed E-state index contributed by atoms with van der Waals surface area (Å²) < 4.78 is 0. The predicted molar refractivity (Wildman–Crippen MR) is 58.0 cm³/mol. The Balaban J connectivity index is 2.48. The highest BCUT2D eigenvalue weighted by Crippen LogP contribution is 2.22. The second kappa shape index (κ2) is 3.86. The number of nitrogens with two attached hydrogens (primary N) is 1. The number of aromatic nitrogens is 2. The molecule has 4 heteroatoms. The van der Waals surface area contributed by atoms with Gasteiger partial charge in [0, 0.05) is 5.69 Å². The van der Waals surface area contributed by atoms with Gasteiger partial charge in [0.15, 0.2) is 0 Å². The molecule has 0 aromatic carbocycles. The Morgan fingerprint density at radius 2 is 2.29 bits per heavy atom. The summed E-state index contributed by atoms with van der Waals surface area (Å²) >= 11 is 1.67. The molecule has 0 bridgehead atoms. The third-order valence-corrected chi connectivity index (χ3v) is 2.75. The standard InChI is InChI=1S/C10H11N3S/c1-7-5-8(9-3-2-4-14-9)13-10(6-11)12-7/h2-5H,6,11H2,1H3. The fraction of sp³-hybridized carbons (Fsp3) is 0.200. The second-order valence-electron chi connectivity index (χ2n) is 2.99. The van der Waals surface area contributed by atoms with Crippen LogP contribution >= 0.6 is 11.3 Å². The van der Waals surface area contributed by atoms with E-state index in [1.54, 1.807) is 11.3 Å². The van der Waals surface area contributed by atoms with Crippen LogP contribution < -0.4 is 5.73 Å². The highest BCUT2D eigenvalue weighted by atomic mass is 32.1. The van der Waals surface area contributed by atoms with Crippen molar-refractivity contribution in [1.82, 2.24) is 9.97 Å². The summed E-state index contributed by atoms with van der Waals surface area (Å²) in [5.41, 5.74) is 7.45. The normalized spacial score (nSPS) is 10.4. The van der Waals surface area contributed by atoms with Gasteiger partial charge in [0.1, 0.15) is 5.82 Å². The molecule has 0 saturated carbocycles. The Kier molecular flexibility index (Phi) is 2.56. The third kappa shape index (κ3) is 1.81. The second-order valence-corrected chi connectivity index (χ2v) is 3.94. The number of hydrogen-bond acceptors (Lipinski definition) is 4. The Bertz CT molecular complexity index is 423. The van der Waals surface area contributed by atoms with Gasteiger partial charge in [0.25, 0.3) is 0 Å². The summed E-state index contributed by atoms with van der Waals surface area (Å²) in [4.78, 5) is 9.76. The zero-order chi connectivity index (χ0) is 9.97. The van der Waals surface area contributed by atoms with Crippen LogP contribution in [0.5, 0.6) is 0 Å². The van der Waals surface area contributed by atoms with Crippen molar-refractivity contribution in [2.45, 2.75) is 13.5 Å². The molecule has 2 aromatic heterocycles. The van der Waals surface area contributed by atoms with E-state index in [4.69, 9.17) is 5.73 Å². The van der Waals surface area contributed by atoms with Crippen LogP contribution in [0.3, 0.4) is 0 Å². The highest BCUT2D eigenvalue weighted by molar-refractivity contribution is 7.13. The van der Waals surface area contributed by atoms with Crippen LogP contribution in [0, 0.1) is 6.92 Å². The number of nitrogens with zero attached hydrogens (tertiary/aromatic N) is 2. The van der Waals surface area contributed by atoms with Crippen molar-refractivity contribution in [2.75, 3.05) is 0 Å². The van der Waals surface area contributed by atoms with Gasteiger partial charge in [-0.05, 0) is 24.4 Å². The molecule has 2 heterocycles. The molecule has 0 aliphatic carbocycles. The maximum absolute atomic E-state index is 5.52.